The highest BCUT2D eigenvalue weighted by molar-refractivity contribution is 4.76. The first kappa shape index (κ1) is 7.07. The lowest BCUT2D eigenvalue weighted by molar-refractivity contribution is 0.385. The van der Waals surface area contributed by atoms with Crippen LogP contribution in [0.5, 0.6) is 0 Å². The summed E-state index contributed by atoms with van der Waals surface area (Å²) in [6.45, 7) is 3.19. The molecule has 9 heavy (non-hydrogen) atoms. The normalized spacial score (nSPS) is 35.3. The maximum absolute atomic E-state index is 5.60. The van der Waals surface area contributed by atoms with Crippen molar-refractivity contribution in [2.24, 2.45) is 17.6 Å². The van der Waals surface area contributed by atoms with Gasteiger partial charge in [-0.05, 0) is 24.8 Å². The van der Waals surface area contributed by atoms with Crippen molar-refractivity contribution < 1.29 is 0 Å². The minimum absolute atomic E-state index is 0.856. The van der Waals surface area contributed by atoms with Crippen molar-refractivity contribution in [3.63, 3.8) is 0 Å². The molecule has 1 rings (SSSR count). The fourth-order valence-corrected chi connectivity index (χ4v) is 1.96. The fraction of sp³-hybridized carbons (Fsp3) is 1.00. The van der Waals surface area contributed by atoms with Crippen molar-refractivity contribution in [1.29, 1.82) is 0 Å². The Morgan fingerprint density at radius 3 is 2.44 bits per heavy atom. The van der Waals surface area contributed by atoms with Gasteiger partial charge in [-0.1, -0.05) is 26.2 Å². The first-order valence-corrected chi connectivity index (χ1v) is 4.08. The molecule has 0 bridgehead atoms. The molecular weight excluding hydrogens is 110 g/mol. The summed E-state index contributed by atoms with van der Waals surface area (Å²) in [5.74, 6) is 1.81. The van der Waals surface area contributed by atoms with Gasteiger partial charge in [0, 0.05) is 0 Å². The number of hydrogen-bond donors (Lipinski definition) is 1. The zero-order valence-electron chi connectivity index (χ0n) is 6.27. The number of rotatable bonds is 2. The summed E-state index contributed by atoms with van der Waals surface area (Å²) < 4.78 is 0. The van der Waals surface area contributed by atoms with Crippen molar-refractivity contribution in [2.45, 2.75) is 32.6 Å². The second-order valence-corrected chi connectivity index (χ2v) is 3.10. The van der Waals surface area contributed by atoms with Gasteiger partial charge in [-0.25, -0.2) is 0 Å². The summed E-state index contributed by atoms with van der Waals surface area (Å²) in [4.78, 5) is 0. The van der Waals surface area contributed by atoms with Gasteiger partial charge in [0.1, 0.15) is 0 Å². The third-order valence-corrected chi connectivity index (χ3v) is 2.64. The highest BCUT2D eigenvalue weighted by Gasteiger charge is 2.23. The highest BCUT2D eigenvalue weighted by atomic mass is 14.6. The van der Waals surface area contributed by atoms with Gasteiger partial charge in [-0.2, -0.15) is 0 Å². The molecule has 0 aromatic rings. The molecule has 54 valence electrons. The van der Waals surface area contributed by atoms with E-state index in [1.54, 1.807) is 0 Å². The van der Waals surface area contributed by atoms with E-state index >= 15 is 0 Å². The average molecular weight is 127 g/mol. The third kappa shape index (κ3) is 1.45. The maximum atomic E-state index is 5.60. The Kier molecular flexibility index (Phi) is 2.52. The van der Waals surface area contributed by atoms with Gasteiger partial charge < -0.3 is 5.73 Å². The molecule has 0 aromatic carbocycles. The van der Waals surface area contributed by atoms with E-state index < -0.39 is 0 Å². The Labute approximate surface area is 57.6 Å². The first-order chi connectivity index (χ1) is 4.38. The quantitative estimate of drug-likeness (QED) is 0.601. The van der Waals surface area contributed by atoms with E-state index in [0.717, 1.165) is 18.4 Å². The molecule has 0 unspecified atom stereocenters. The minimum atomic E-state index is 0.856. The van der Waals surface area contributed by atoms with E-state index in [4.69, 9.17) is 5.73 Å². The van der Waals surface area contributed by atoms with E-state index in [-0.39, 0.29) is 0 Å². The van der Waals surface area contributed by atoms with Crippen molar-refractivity contribution in [3.05, 3.63) is 0 Å². The first-order valence-electron chi connectivity index (χ1n) is 4.08. The molecule has 2 atom stereocenters. The molecule has 1 saturated carbocycles. The van der Waals surface area contributed by atoms with Gasteiger partial charge in [0.25, 0.3) is 0 Å². The van der Waals surface area contributed by atoms with Crippen LogP contribution in [-0.4, -0.2) is 6.54 Å². The van der Waals surface area contributed by atoms with E-state index in [0.29, 0.717) is 0 Å². The Morgan fingerprint density at radius 2 is 2.00 bits per heavy atom. The van der Waals surface area contributed by atoms with E-state index in [1.165, 1.54) is 25.7 Å². The van der Waals surface area contributed by atoms with E-state index in [2.05, 4.69) is 6.92 Å². The second kappa shape index (κ2) is 3.21. The van der Waals surface area contributed by atoms with E-state index in [9.17, 15) is 0 Å². The Morgan fingerprint density at radius 1 is 1.33 bits per heavy atom. The van der Waals surface area contributed by atoms with E-state index in [1.807, 2.05) is 0 Å². The van der Waals surface area contributed by atoms with Crippen LogP contribution in [0.1, 0.15) is 32.6 Å². The summed E-state index contributed by atoms with van der Waals surface area (Å²) in [6.07, 6.45) is 5.57. The molecule has 0 saturated heterocycles. The molecule has 0 amide bonds. The topological polar surface area (TPSA) is 26.0 Å². The molecule has 0 heterocycles. The number of nitrogens with two attached hydrogens (primary N) is 1. The second-order valence-electron chi connectivity index (χ2n) is 3.10. The maximum Gasteiger partial charge on any atom is -0.00462 e. The lowest BCUT2D eigenvalue weighted by Crippen LogP contribution is -2.17. The smallest absolute Gasteiger partial charge is 0.00462 e. The Hall–Kier alpha value is -0.0400. The van der Waals surface area contributed by atoms with Gasteiger partial charge >= 0.3 is 0 Å². The van der Waals surface area contributed by atoms with Crippen molar-refractivity contribution >= 4 is 0 Å². The average Bonchev–Trinajstić information content (AvgIpc) is 2.33. The summed E-state index contributed by atoms with van der Waals surface area (Å²) in [7, 11) is 0. The van der Waals surface area contributed by atoms with Gasteiger partial charge in [-0.3, -0.25) is 0 Å². The minimum Gasteiger partial charge on any atom is -0.330 e. The van der Waals surface area contributed by atoms with Gasteiger partial charge in [-0.15, -0.1) is 0 Å². The van der Waals surface area contributed by atoms with Crippen LogP contribution in [-0.2, 0) is 0 Å². The fourth-order valence-electron chi connectivity index (χ4n) is 1.96. The van der Waals surface area contributed by atoms with Crippen LogP contribution in [0.3, 0.4) is 0 Å². The highest BCUT2D eigenvalue weighted by Crippen LogP contribution is 2.32. The third-order valence-electron chi connectivity index (χ3n) is 2.64. The molecule has 0 aliphatic heterocycles. The molecule has 0 aromatic heterocycles. The molecule has 1 aliphatic rings. The lowest BCUT2D eigenvalue weighted by Gasteiger charge is -2.14. The Bertz CT molecular complexity index is 70.6. The molecular formula is C8H17N. The molecule has 1 aliphatic carbocycles. The lowest BCUT2D eigenvalue weighted by atomic mass is 9.94. The number of hydrogen-bond acceptors (Lipinski definition) is 1. The summed E-state index contributed by atoms with van der Waals surface area (Å²) in [5.41, 5.74) is 5.60. The molecule has 2 N–H and O–H groups in total. The van der Waals surface area contributed by atoms with Crippen LogP contribution in [0, 0.1) is 11.8 Å². The molecule has 0 radical (unpaired) electrons. The van der Waals surface area contributed by atoms with Crippen LogP contribution in [0.4, 0.5) is 0 Å². The molecule has 0 spiro atoms. The van der Waals surface area contributed by atoms with Crippen LogP contribution < -0.4 is 5.73 Å². The predicted octanol–water partition coefficient (Wildman–Crippen LogP) is 1.77. The molecule has 1 heteroatoms. The largest absolute Gasteiger partial charge is 0.330 e. The van der Waals surface area contributed by atoms with Gasteiger partial charge in [0.2, 0.25) is 0 Å². The van der Waals surface area contributed by atoms with Crippen molar-refractivity contribution in [3.8, 4) is 0 Å². The molecule has 1 nitrogen and oxygen atoms in total. The predicted molar refractivity (Wildman–Crippen MR) is 40.2 cm³/mol. The zero-order chi connectivity index (χ0) is 6.69. The summed E-state index contributed by atoms with van der Waals surface area (Å²) in [5, 5.41) is 0. The van der Waals surface area contributed by atoms with Gasteiger partial charge in [0.05, 0.1) is 0 Å². The SMILES string of the molecule is CC[C@@H]1CCC[C@@H]1CN. The Balaban J connectivity index is 2.32. The van der Waals surface area contributed by atoms with Crippen molar-refractivity contribution in [2.75, 3.05) is 6.54 Å². The standard InChI is InChI=1S/C8H17N/c1-2-7-4-3-5-8(7)6-9/h7-8H,2-6,9H2,1H3/t7-,8-/m1/s1. The van der Waals surface area contributed by atoms with Crippen LogP contribution in [0.2, 0.25) is 0 Å². The summed E-state index contributed by atoms with van der Waals surface area (Å²) >= 11 is 0. The van der Waals surface area contributed by atoms with Gasteiger partial charge in [0.15, 0.2) is 0 Å². The monoisotopic (exact) mass is 127 g/mol. The van der Waals surface area contributed by atoms with Crippen LogP contribution >= 0.6 is 0 Å². The van der Waals surface area contributed by atoms with Crippen molar-refractivity contribution in [1.82, 2.24) is 0 Å². The van der Waals surface area contributed by atoms with Crippen LogP contribution in [0.25, 0.3) is 0 Å². The summed E-state index contributed by atoms with van der Waals surface area (Å²) in [6, 6.07) is 0. The van der Waals surface area contributed by atoms with Crippen LogP contribution in [0.15, 0.2) is 0 Å². The molecule has 1 fully saturated rings. The zero-order valence-corrected chi connectivity index (χ0v) is 6.27.